The second-order valence-corrected chi connectivity index (χ2v) is 6.75. The molecule has 0 aromatic heterocycles. The molecule has 4 atom stereocenters. The first-order chi connectivity index (χ1) is 11.5. The third-order valence-electron chi connectivity index (χ3n) is 5.84. The lowest BCUT2D eigenvalue weighted by molar-refractivity contribution is -0.140. The number of hydrogen-bond acceptors (Lipinski definition) is 6. The van der Waals surface area contributed by atoms with Crippen molar-refractivity contribution in [2.24, 2.45) is 35.5 Å². The summed E-state index contributed by atoms with van der Waals surface area (Å²) in [5.74, 6) is -4.95. The van der Waals surface area contributed by atoms with Crippen molar-refractivity contribution in [3.05, 3.63) is 12.2 Å². The monoisotopic (exact) mass is 334 g/mol. The van der Waals surface area contributed by atoms with Crippen LogP contribution in [0.1, 0.15) is 0 Å². The van der Waals surface area contributed by atoms with Gasteiger partial charge in [-0.25, -0.2) is 0 Å². The molecule has 128 valence electrons. The van der Waals surface area contributed by atoms with Crippen molar-refractivity contribution < 1.29 is 29.4 Å². The van der Waals surface area contributed by atoms with Gasteiger partial charge in [0.2, 0.25) is 23.6 Å². The highest BCUT2D eigenvalue weighted by Crippen LogP contribution is 2.57. The molecule has 2 N–H and O–H groups in total. The predicted molar refractivity (Wildman–Crippen MR) is 77.7 cm³/mol. The van der Waals surface area contributed by atoms with Crippen LogP contribution in [0, 0.1) is 35.5 Å². The van der Waals surface area contributed by atoms with E-state index in [9.17, 15) is 19.2 Å². The van der Waals surface area contributed by atoms with Crippen LogP contribution in [0.2, 0.25) is 0 Å². The van der Waals surface area contributed by atoms with Crippen molar-refractivity contribution in [3.8, 4) is 0 Å². The third kappa shape index (κ3) is 1.70. The van der Waals surface area contributed by atoms with Crippen LogP contribution in [0.5, 0.6) is 0 Å². The summed E-state index contributed by atoms with van der Waals surface area (Å²) in [6, 6.07) is 0. The summed E-state index contributed by atoms with van der Waals surface area (Å²) in [7, 11) is 0. The molecule has 2 heterocycles. The summed E-state index contributed by atoms with van der Waals surface area (Å²) in [5.41, 5.74) is 0. The Morgan fingerprint density at radius 3 is 1.21 bits per heavy atom. The maximum Gasteiger partial charge on any atom is 0.233 e. The summed E-state index contributed by atoms with van der Waals surface area (Å²) >= 11 is 0. The van der Waals surface area contributed by atoms with Crippen LogP contribution < -0.4 is 0 Å². The number of allylic oxidation sites excluding steroid dienone is 2. The quantitative estimate of drug-likeness (QED) is 0.453. The van der Waals surface area contributed by atoms with Crippen molar-refractivity contribution in [1.82, 2.24) is 9.80 Å². The van der Waals surface area contributed by atoms with E-state index in [1.807, 2.05) is 0 Å². The van der Waals surface area contributed by atoms with Gasteiger partial charge in [0.1, 0.15) is 0 Å². The molecule has 0 radical (unpaired) electrons. The first kappa shape index (κ1) is 15.5. The Morgan fingerprint density at radius 2 is 0.958 bits per heavy atom. The fraction of sp³-hybridized carbons (Fsp3) is 0.625. The van der Waals surface area contributed by atoms with Crippen molar-refractivity contribution in [2.75, 3.05) is 26.3 Å². The Hall–Kier alpha value is -2.06. The molecule has 24 heavy (non-hydrogen) atoms. The van der Waals surface area contributed by atoms with Gasteiger partial charge >= 0.3 is 0 Å². The van der Waals surface area contributed by atoms with Gasteiger partial charge in [0, 0.05) is 11.8 Å². The van der Waals surface area contributed by atoms with E-state index < -0.39 is 35.5 Å². The smallest absolute Gasteiger partial charge is 0.233 e. The average molecular weight is 334 g/mol. The summed E-state index contributed by atoms with van der Waals surface area (Å²) in [4.78, 5) is 52.6. The number of carbonyl (C=O) groups excluding carboxylic acids is 4. The minimum atomic E-state index is -0.633. The molecule has 2 bridgehead atoms. The molecule has 3 fully saturated rings. The molecule has 2 aliphatic heterocycles. The number of nitrogens with zero attached hydrogens (tertiary/aromatic N) is 2. The van der Waals surface area contributed by atoms with Crippen molar-refractivity contribution in [1.29, 1.82) is 0 Å². The highest BCUT2D eigenvalue weighted by Gasteiger charge is 2.68. The van der Waals surface area contributed by atoms with E-state index in [0.717, 1.165) is 9.80 Å². The van der Waals surface area contributed by atoms with E-state index >= 15 is 0 Å². The Kier molecular flexibility index (Phi) is 3.36. The lowest BCUT2D eigenvalue weighted by atomic mass is 9.54. The van der Waals surface area contributed by atoms with E-state index in [0.29, 0.717) is 0 Å². The first-order valence-electron chi connectivity index (χ1n) is 8.13. The van der Waals surface area contributed by atoms with Crippen molar-refractivity contribution in [2.45, 2.75) is 0 Å². The van der Waals surface area contributed by atoms with E-state index in [2.05, 4.69) is 0 Å². The van der Waals surface area contributed by atoms with Crippen molar-refractivity contribution in [3.63, 3.8) is 0 Å². The number of β-amino-alcohol motifs (C(OH)–C–C–N with tert-alkyl or cyclic N) is 2. The van der Waals surface area contributed by atoms with Crippen LogP contribution in [0.4, 0.5) is 0 Å². The lowest BCUT2D eigenvalue weighted by Gasteiger charge is -2.44. The molecule has 5 rings (SSSR count). The maximum atomic E-state index is 12.6. The Bertz CT molecular complexity index is 573. The molecular weight excluding hydrogens is 316 g/mol. The van der Waals surface area contributed by atoms with Gasteiger partial charge in [0.15, 0.2) is 0 Å². The van der Waals surface area contributed by atoms with Crippen LogP contribution in [-0.2, 0) is 19.2 Å². The zero-order chi connectivity index (χ0) is 17.2. The molecule has 0 spiro atoms. The molecule has 8 heteroatoms. The van der Waals surface area contributed by atoms with Gasteiger partial charge in [0.25, 0.3) is 0 Å². The Labute approximate surface area is 137 Å². The number of aliphatic hydroxyl groups is 2. The van der Waals surface area contributed by atoms with Crippen molar-refractivity contribution >= 4 is 23.6 Å². The second kappa shape index (κ2) is 5.22. The zero-order valence-electron chi connectivity index (χ0n) is 12.9. The fourth-order valence-electron chi connectivity index (χ4n) is 4.99. The number of imide groups is 2. The van der Waals surface area contributed by atoms with Gasteiger partial charge in [-0.15, -0.1) is 0 Å². The molecule has 8 nitrogen and oxygen atoms in total. The number of rotatable bonds is 4. The minimum absolute atomic E-state index is 0.0576. The van der Waals surface area contributed by atoms with Crippen LogP contribution in [0.15, 0.2) is 12.2 Å². The minimum Gasteiger partial charge on any atom is -0.395 e. The molecule has 5 aliphatic rings. The second-order valence-electron chi connectivity index (χ2n) is 6.75. The molecule has 0 unspecified atom stereocenters. The Morgan fingerprint density at radius 1 is 0.667 bits per heavy atom. The molecular formula is C16H18N2O6. The third-order valence-corrected chi connectivity index (χ3v) is 5.84. The largest absolute Gasteiger partial charge is 0.395 e. The van der Waals surface area contributed by atoms with Gasteiger partial charge in [0.05, 0.1) is 50.0 Å². The van der Waals surface area contributed by atoms with Crippen LogP contribution in [0.25, 0.3) is 0 Å². The molecule has 3 aliphatic carbocycles. The average Bonchev–Trinajstić information content (AvgIpc) is 2.99. The summed E-state index contributed by atoms with van der Waals surface area (Å²) in [6.07, 6.45) is 3.57. The van der Waals surface area contributed by atoms with Gasteiger partial charge in [-0.1, -0.05) is 12.2 Å². The number of aliphatic hydroxyl groups excluding tert-OH is 2. The number of amides is 4. The predicted octanol–water partition coefficient (Wildman–Crippen LogP) is -2.01. The number of likely N-dealkylation sites (tertiary alicyclic amines) is 2. The van der Waals surface area contributed by atoms with Crippen LogP contribution >= 0.6 is 0 Å². The van der Waals surface area contributed by atoms with E-state index in [1.165, 1.54) is 0 Å². The standard InChI is InChI=1S/C16H18N2O6/c19-5-3-17-13(21)9-7-1-2-8(11(9)15(17)23)12-10(7)14(22)18(4-6-20)16(12)24/h1-2,7-12,19-20H,3-6H2/t7?,8?,9-,10-,11+,12+. The van der Waals surface area contributed by atoms with Gasteiger partial charge in [-0.3, -0.25) is 29.0 Å². The SMILES string of the molecule is O=C1[C@@H]2C3C=CC([C@@H]2C(=O)N1CCO)[C@@H]1C(=O)N(CCO)C(=O)[C@H]31. The van der Waals surface area contributed by atoms with Gasteiger partial charge < -0.3 is 10.2 Å². The maximum absolute atomic E-state index is 12.6. The highest BCUT2D eigenvalue weighted by molar-refractivity contribution is 6.10. The number of hydrogen-bond donors (Lipinski definition) is 2. The first-order valence-corrected chi connectivity index (χ1v) is 8.13. The topological polar surface area (TPSA) is 115 Å². The summed E-state index contributed by atoms with van der Waals surface area (Å²) in [6.45, 7) is -0.737. The molecule has 2 saturated heterocycles. The fourth-order valence-corrected chi connectivity index (χ4v) is 4.99. The van der Waals surface area contributed by atoms with E-state index in [-0.39, 0.29) is 49.9 Å². The number of carbonyl (C=O) groups is 4. The van der Waals surface area contributed by atoms with E-state index in [4.69, 9.17) is 10.2 Å². The van der Waals surface area contributed by atoms with Crippen LogP contribution in [-0.4, -0.2) is 69.9 Å². The molecule has 0 aromatic rings. The molecule has 1 saturated carbocycles. The van der Waals surface area contributed by atoms with Gasteiger partial charge in [-0.05, 0) is 0 Å². The highest BCUT2D eigenvalue weighted by atomic mass is 16.3. The molecule has 4 amide bonds. The zero-order valence-corrected chi connectivity index (χ0v) is 12.9. The van der Waals surface area contributed by atoms with Gasteiger partial charge in [-0.2, -0.15) is 0 Å². The molecule has 0 aromatic carbocycles. The van der Waals surface area contributed by atoms with Crippen LogP contribution in [0.3, 0.4) is 0 Å². The van der Waals surface area contributed by atoms with E-state index in [1.54, 1.807) is 12.2 Å². The summed E-state index contributed by atoms with van der Waals surface area (Å²) in [5, 5.41) is 18.2. The lowest BCUT2D eigenvalue weighted by Crippen LogP contribution is -2.50. The summed E-state index contributed by atoms with van der Waals surface area (Å²) < 4.78 is 0. The Balaban J connectivity index is 1.74. The normalized spacial score (nSPS) is 39.9.